The van der Waals surface area contributed by atoms with Crippen molar-refractivity contribution in [3.8, 4) is 0 Å². The Morgan fingerprint density at radius 1 is 0.831 bits per heavy atom. The number of piperidine rings is 4. The minimum atomic E-state index is -0.597. The first-order valence-electron chi connectivity index (χ1n) is 21.3. The molecule has 2 unspecified atom stereocenters. The largest absolute Gasteiger partial charge is 0.371 e. The van der Waals surface area contributed by atoms with Crippen LogP contribution in [0.25, 0.3) is 0 Å². The summed E-state index contributed by atoms with van der Waals surface area (Å²) in [5.74, 6) is 1.16. The van der Waals surface area contributed by atoms with Gasteiger partial charge in [-0.05, 0) is 105 Å². The molecule has 5 amide bonds. The smallest absolute Gasteiger partial charge is 0.320 e. The molecule has 5 saturated heterocycles. The summed E-state index contributed by atoms with van der Waals surface area (Å²) in [4.78, 5) is 79.1. The van der Waals surface area contributed by atoms with Gasteiger partial charge in [0, 0.05) is 82.8 Å². The standard InChI is InChI=1S/C43H53N11O5/c1-49-21-22-53(43(49)59)34-3-2-16-52(26-34)42-46-39(36(27-55)47-48-42)44-32-7-4-29(5-8-32)30-14-17-50(18-15-30)24-28-12-19-51(20-13-28)33-9-6-31-25-54(41(58)35(31)23-33)37-10-11-38(56)45-40(37)57/h4-9,23,27-28,30,34,37H,2-3,10-22,24-26H2,1H3,(H,44,46,48)(H,45,56,57). The van der Waals surface area contributed by atoms with E-state index in [1.54, 1.807) is 9.80 Å². The number of imide groups is 1. The molecule has 2 aromatic carbocycles. The van der Waals surface area contributed by atoms with Gasteiger partial charge >= 0.3 is 6.03 Å². The number of hydrogen-bond donors (Lipinski definition) is 2. The lowest BCUT2D eigenvalue weighted by Crippen LogP contribution is -2.52. The predicted octanol–water partition coefficient (Wildman–Crippen LogP) is 3.62. The monoisotopic (exact) mass is 803 g/mol. The fraction of sp³-hybridized carbons (Fsp3) is 0.535. The summed E-state index contributed by atoms with van der Waals surface area (Å²) < 4.78 is 0. The first kappa shape index (κ1) is 38.9. The average Bonchev–Trinajstić information content (AvgIpc) is 3.77. The van der Waals surface area contributed by atoms with Crippen LogP contribution in [0.15, 0.2) is 42.5 Å². The second-order valence-electron chi connectivity index (χ2n) is 17.1. The third-order valence-corrected chi connectivity index (χ3v) is 13.4. The van der Waals surface area contributed by atoms with Crippen molar-refractivity contribution in [2.75, 3.05) is 81.1 Å². The number of anilines is 4. The van der Waals surface area contributed by atoms with E-state index in [2.05, 4.69) is 53.7 Å². The predicted molar refractivity (Wildman–Crippen MR) is 221 cm³/mol. The Kier molecular flexibility index (Phi) is 10.9. The lowest BCUT2D eigenvalue weighted by molar-refractivity contribution is -0.136. The number of carbonyl (C=O) groups excluding carboxylic acids is 5. The number of likely N-dealkylation sites (N-methyl/N-ethyl adjacent to an activating group) is 1. The highest BCUT2D eigenvalue weighted by Crippen LogP contribution is 2.34. The van der Waals surface area contributed by atoms with Crippen molar-refractivity contribution in [3.05, 3.63) is 64.8 Å². The lowest BCUT2D eigenvalue weighted by Gasteiger charge is -2.38. The molecule has 0 aliphatic carbocycles. The highest BCUT2D eigenvalue weighted by atomic mass is 16.2. The van der Waals surface area contributed by atoms with Gasteiger partial charge in [-0.15, -0.1) is 10.2 Å². The molecule has 7 heterocycles. The number of fused-ring (bicyclic) bond motifs is 1. The van der Waals surface area contributed by atoms with Gasteiger partial charge in [0.2, 0.25) is 17.8 Å². The molecule has 2 N–H and O–H groups in total. The van der Waals surface area contributed by atoms with Crippen molar-refractivity contribution in [1.82, 2.24) is 40.1 Å². The molecule has 16 heteroatoms. The van der Waals surface area contributed by atoms with Crippen molar-refractivity contribution >= 4 is 53.2 Å². The summed E-state index contributed by atoms with van der Waals surface area (Å²) in [6.07, 6.45) is 7.57. The van der Waals surface area contributed by atoms with Crippen LogP contribution in [0.1, 0.15) is 89.3 Å². The topological polar surface area (TPSA) is 168 Å². The summed E-state index contributed by atoms with van der Waals surface area (Å²) in [5, 5.41) is 14.2. The summed E-state index contributed by atoms with van der Waals surface area (Å²) in [7, 11) is 1.84. The van der Waals surface area contributed by atoms with Gasteiger partial charge in [0.15, 0.2) is 17.8 Å². The molecule has 5 fully saturated rings. The third kappa shape index (κ3) is 8.06. The normalized spacial score (nSPS) is 23.6. The number of amides is 5. The molecule has 310 valence electrons. The van der Waals surface area contributed by atoms with E-state index in [0.717, 1.165) is 108 Å². The first-order chi connectivity index (χ1) is 28.7. The maximum absolute atomic E-state index is 13.4. The number of urea groups is 1. The number of nitrogens with one attached hydrogen (secondary N) is 2. The fourth-order valence-electron chi connectivity index (χ4n) is 9.93. The van der Waals surface area contributed by atoms with E-state index in [1.165, 1.54) is 5.56 Å². The Morgan fingerprint density at radius 2 is 1.63 bits per heavy atom. The molecule has 3 aromatic rings. The summed E-state index contributed by atoms with van der Waals surface area (Å²) in [6, 6.07) is 14.1. The van der Waals surface area contributed by atoms with Crippen LogP contribution < -0.4 is 20.4 Å². The Hall–Kier alpha value is -5.64. The number of aldehydes is 1. The first-order valence-corrected chi connectivity index (χ1v) is 21.3. The minimum absolute atomic E-state index is 0.0646. The fourth-order valence-corrected chi connectivity index (χ4v) is 9.93. The zero-order chi connectivity index (χ0) is 40.6. The molecule has 0 radical (unpaired) electrons. The van der Waals surface area contributed by atoms with Crippen molar-refractivity contribution < 1.29 is 24.0 Å². The highest BCUT2D eigenvalue weighted by molar-refractivity contribution is 6.05. The van der Waals surface area contributed by atoms with E-state index >= 15 is 0 Å². The van der Waals surface area contributed by atoms with Crippen molar-refractivity contribution in [2.45, 2.75) is 75.9 Å². The van der Waals surface area contributed by atoms with Crippen LogP contribution in [0.2, 0.25) is 0 Å². The van der Waals surface area contributed by atoms with Gasteiger partial charge in [-0.1, -0.05) is 18.2 Å². The Labute approximate surface area is 344 Å². The van der Waals surface area contributed by atoms with Crippen LogP contribution in [0, 0.1) is 5.92 Å². The van der Waals surface area contributed by atoms with E-state index < -0.39 is 6.04 Å². The zero-order valence-electron chi connectivity index (χ0n) is 33.7. The molecule has 2 atom stereocenters. The van der Waals surface area contributed by atoms with Gasteiger partial charge < -0.3 is 34.7 Å². The Bertz CT molecular complexity index is 2100. The Morgan fingerprint density at radius 3 is 2.36 bits per heavy atom. The molecular weight excluding hydrogens is 751 g/mol. The quantitative estimate of drug-likeness (QED) is 0.226. The van der Waals surface area contributed by atoms with Crippen LogP contribution >= 0.6 is 0 Å². The molecule has 59 heavy (non-hydrogen) atoms. The Balaban J connectivity index is 0.739. The second-order valence-corrected chi connectivity index (χ2v) is 17.1. The van der Waals surface area contributed by atoms with Gasteiger partial charge in [-0.25, -0.2) is 4.79 Å². The SMILES string of the molecule is CN1CCN(C2CCCN(c3nnc(C=O)c(Nc4ccc(C5CCN(CC6CCN(c7ccc8c(c7)C(=O)N(C7CCC(=O)NC7=O)C8)CC6)CC5)cc4)n3)C2)C1=O. The number of carbonyl (C=O) groups is 5. The van der Waals surface area contributed by atoms with Gasteiger partial charge in [-0.2, -0.15) is 4.98 Å². The summed E-state index contributed by atoms with van der Waals surface area (Å²) in [5.41, 5.74) is 4.96. The summed E-state index contributed by atoms with van der Waals surface area (Å²) in [6.45, 7) is 8.39. The van der Waals surface area contributed by atoms with E-state index in [0.29, 0.717) is 55.0 Å². The lowest BCUT2D eigenvalue weighted by atomic mass is 9.88. The molecule has 16 nitrogen and oxygen atoms in total. The van der Waals surface area contributed by atoms with Crippen LogP contribution in [-0.2, 0) is 16.1 Å². The molecule has 1 aromatic heterocycles. The summed E-state index contributed by atoms with van der Waals surface area (Å²) >= 11 is 0. The van der Waals surface area contributed by atoms with Crippen LogP contribution in [0.5, 0.6) is 0 Å². The van der Waals surface area contributed by atoms with E-state index in [4.69, 9.17) is 4.98 Å². The van der Waals surface area contributed by atoms with Gasteiger partial charge in [-0.3, -0.25) is 24.5 Å². The minimum Gasteiger partial charge on any atom is -0.371 e. The number of hydrogen-bond acceptors (Lipinski definition) is 12. The second kappa shape index (κ2) is 16.5. The average molecular weight is 804 g/mol. The molecule has 6 aliphatic rings. The van der Waals surface area contributed by atoms with Gasteiger partial charge in [0.1, 0.15) is 6.04 Å². The molecule has 0 saturated carbocycles. The number of aromatic nitrogens is 3. The van der Waals surface area contributed by atoms with Crippen molar-refractivity contribution in [3.63, 3.8) is 0 Å². The van der Waals surface area contributed by atoms with Gasteiger partial charge in [0.05, 0.1) is 6.04 Å². The van der Waals surface area contributed by atoms with Crippen LogP contribution in [0.3, 0.4) is 0 Å². The number of rotatable bonds is 10. The zero-order valence-corrected chi connectivity index (χ0v) is 33.7. The molecule has 6 aliphatic heterocycles. The van der Waals surface area contributed by atoms with Gasteiger partial charge in [0.25, 0.3) is 5.91 Å². The number of nitrogens with zero attached hydrogens (tertiary/aromatic N) is 9. The van der Waals surface area contributed by atoms with Crippen LogP contribution in [-0.4, -0.2) is 143 Å². The molecule has 9 rings (SSSR count). The molecular formula is C43H53N11O5. The van der Waals surface area contributed by atoms with E-state index in [1.807, 2.05) is 36.2 Å². The van der Waals surface area contributed by atoms with Crippen molar-refractivity contribution in [2.24, 2.45) is 5.92 Å². The van der Waals surface area contributed by atoms with Crippen molar-refractivity contribution in [1.29, 1.82) is 0 Å². The van der Waals surface area contributed by atoms with Crippen LogP contribution in [0.4, 0.5) is 27.9 Å². The molecule has 0 spiro atoms. The third-order valence-electron chi connectivity index (χ3n) is 13.4. The highest BCUT2D eigenvalue weighted by Gasteiger charge is 2.40. The van der Waals surface area contributed by atoms with E-state index in [9.17, 15) is 24.0 Å². The molecule has 0 bridgehead atoms. The maximum atomic E-state index is 13.4. The number of likely N-dealkylation sites (tertiary alicyclic amines) is 1. The van der Waals surface area contributed by atoms with E-state index in [-0.39, 0.29) is 41.9 Å². The maximum Gasteiger partial charge on any atom is 0.320 e. The number of benzene rings is 2.